The monoisotopic (exact) mass is 658 g/mol. The lowest BCUT2D eigenvalue weighted by atomic mass is 9.63. The van der Waals surface area contributed by atoms with Crippen molar-refractivity contribution in [3.8, 4) is 17.4 Å². The van der Waals surface area contributed by atoms with Gasteiger partial charge in [-0.25, -0.2) is 0 Å². The van der Waals surface area contributed by atoms with E-state index in [1.165, 1.54) is 0 Å². The zero-order valence-corrected chi connectivity index (χ0v) is 27.7. The summed E-state index contributed by atoms with van der Waals surface area (Å²) in [6.07, 6.45) is 3.80. The second-order valence-corrected chi connectivity index (χ2v) is 13.7. The molecule has 1 aromatic heterocycles. The molecule has 4 aromatic rings. The van der Waals surface area contributed by atoms with Gasteiger partial charge in [-0.15, -0.1) is 0 Å². The second-order valence-electron chi connectivity index (χ2n) is 13.7. The first-order chi connectivity index (χ1) is 24.0. The topological polar surface area (TPSA) is 104 Å². The van der Waals surface area contributed by atoms with Crippen LogP contribution in [0.4, 0.5) is 0 Å². The maximum Gasteiger partial charge on any atom is 0.265 e. The number of methoxy groups -OCH3 is 1. The standard InChI is InChI=1S/C40H38N2O7/c1-3-42-16-10-15-29(42)27-20-30(46-21-23-11-6-4-7-12-23)33-28(36(27)45-2)18-25-17-26-19-31-34(37(44)40(26)38(48-40)32(25)35(33)43)39(41-49-31)47-22-24-13-8-5-9-14-24/h4-9,11-14,20,25-26,29H,3,10,15-19,21-22H2,1-2H3/t25?,26-,29?,40+/m0/s1. The van der Waals surface area contributed by atoms with Crippen LogP contribution < -0.4 is 14.2 Å². The molecule has 9 rings (SSSR count). The average Bonchev–Trinajstić information content (AvgIpc) is 3.47. The Balaban J connectivity index is 1.10. The van der Waals surface area contributed by atoms with Crippen molar-refractivity contribution in [3.05, 3.63) is 117 Å². The molecule has 3 aromatic carbocycles. The van der Waals surface area contributed by atoms with Gasteiger partial charge in [0.05, 0.1) is 12.7 Å². The normalized spacial score (nSPS) is 25.1. The fraction of sp³-hybridized carbons (Fsp3) is 0.375. The molecule has 0 saturated carbocycles. The third-order valence-corrected chi connectivity index (χ3v) is 11.2. The maximum atomic E-state index is 14.8. The Morgan fingerprint density at radius 3 is 2.41 bits per heavy atom. The van der Waals surface area contributed by atoms with Crippen molar-refractivity contribution in [1.82, 2.24) is 10.1 Å². The fourth-order valence-corrected chi connectivity index (χ4v) is 8.85. The highest BCUT2D eigenvalue weighted by Gasteiger charge is 2.72. The van der Waals surface area contributed by atoms with Gasteiger partial charge in [-0.3, -0.25) is 14.5 Å². The molecule has 0 amide bonds. The van der Waals surface area contributed by atoms with E-state index in [1.54, 1.807) is 7.11 Å². The molecule has 2 unspecified atom stereocenters. The largest absolute Gasteiger partial charge is 0.496 e. The first-order valence-corrected chi connectivity index (χ1v) is 17.3. The number of aromatic nitrogens is 1. The van der Waals surface area contributed by atoms with E-state index in [1.807, 2.05) is 66.7 Å². The highest BCUT2D eigenvalue weighted by molar-refractivity contribution is 6.18. The highest BCUT2D eigenvalue weighted by atomic mass is 16.6. The van der Waals surface area contributed by atoms with E-state index in [4.69, 9.17) is 23.5 Å². The number of carbonyl (C=O) groups excluding carboxylic acids is 2. The van der Waals surface area contributed by atoms with Crippen molar-refractivity contribution >= 4 is 11.6 Å². The summed E-state index contributed by atoms with van der Waals surface area (Å²) < 4.78 is 30.8. The number of epoxide rings is 1. The van der Waals surface area contributed by atoms with Crippen LogP contribution >= 0.6 is 0 Å². The van der Waals surface area contributed by atoms with Crippen molar-refractivity contribution in [2.24, 2.45) is 11.8 Å². The molecule has 9 heteroatoms. The van der Waals surface area contributed by atoms with Gasteiger partial charge in [-0.05, 0) is 67.0 Å². The predicted molar refractivity (Wildman–Crippen MR) is 179 cm³/mol. The predicted octanol–water partition coefficient (Wildman–Crippen LogP) is 6.84. The van der Waals surface area contributed by atoms with Crippen LogP contribution in [0.3, 0.4) is 0 Å². The van der Waals surface area contributed by atoms with E-state index in [0.29, 0.717) is 59.8 Å². The molecule has 2 aliphatic heterocycles. The third kappa shape index (κ3) is 4.65. The van der Waals surface area contributed by atoms with Gasteiger partial charge >= 0.3 is 0 Å². The number of nitrogens with zero attached hydrogens (tertiary/aromatic N) is 2. The van der Waals surface area contributed by atoms with E-state index in [-0.39, 0.29) is 41.9 Å². The zero-order chi connectivity index (χ0) is 33.3. The molecule has 49 heavy (non-hydrogen) atoms. The van der Waals surface area contributed by atoms with E-state index in [9.17, 15) is 9.59 Å². The number of hydrogen-bond donors (Lipinski definition) is 0. The van der Waals surface area contributed by atoms with Gasteiger partial charge in [-0.2, -0.15) is 0 Å². The summed E-state index contributed by atoms with van der Waals surface area (Å²) in [6.45, 7) is 4.72. The third-order valence-electron chi connectivity index (χ3n) is 11.2. The van der Waals surface area contributed by atoms with Crippen LogP contribution in [-0.2, 0) is 30.8 Å². The second kappa shape index (κ2) is 11.6. The minimum absolute atomic E-state index is 0.126. The molecular weight excluding hydrogens is 620 g/mol. The van der Waals surface area contributed by atoms with Crippen molar-refractivity contribution in [1.29, 1.82) is 0 Å². The summed E-state index contributed by atoms with van der Waals surface area (Å²) in [5.41, 5.74) is 4.15. The molecule has 2 saturated heterocycles. The van der Waals surface area contributed by atoms with E-state index >= 15 is 0 Å². The van der Waals surface area contributed by atoms with Gasteiger partial charge in [0.1, 0.15) is 30.3 Å². The molecule has 5 aliphatic rings. The average molecular weight is 659 g/mol. The minimum Gasteiger partial charge on any atom is -0.496 e. The van der Waals surface area contributed by atoms with Gasteiger partial charge in [-0.1, -0.05) is 67.6 Å². The number of likely N-dealkylation sites (tertiary alicyclic amines) is 1. The summed E-state index contributed by atoms with van der Waals surface area (Å²) in [5, 5.41) is 4.16. The van der Waals surface area contributed by atoms with Crippen LogP contribution in [0.2, 0.25) is 0 Å². The molecule has 0 N–H and O–H groups in total. The number of rotatable bonds is 9. The smallest absolute Gasteiger partial charge is 0.265 e. The molecule has 1 spiro atoms. The molecular formula is C40H38N2O7. The first-order valence-electron chi connectivity index (χ1n) is 17.3. The number of carbonyl (C=O) groups is 2. The van der Waals surface area contributed by atoms with E-state index in [2.05, 4.69) is 17.0 Å². The molecule has 250 valence electrons. The lowest BCUT2D eigenvalue weighted by Gasteiger charge is -2.36. The van der Waals surface area contributed by atoms with Crippen LogP contribution in [0.15, 0.2) is 82.6 Å². The van der Waals surface area contributed by atoms with Gasteiger partial charge in [0.25, 0.3) is 5.88 Å². The highest BCUT2D eigenvalue weighted by Crippen LogP contribution is 2.63. The van der Waals surface area contributed by atoms with Gasteiger partial charge in [0, 0.05) is 35.1 Å². The molecule has 4 atom stereocenters. The van der Waals surface area contributed by atoms with Gasteiger partial charge < -0.3 is 23.5 Å². The Morgan fingerprint density at radius 2 is 1.69 bits per heavy atom. The van der Waals surface area contributed by atoms with Crippen LogP contribution in [0.25, 0.3) is 0 Å². The maximum absolute atomic E-state index is 14.8. The number of allylic oxidation sites excluding steroid dienone is 1. The summed E-state index contributed by atoms with van der Waals surface area (Å²) in [4.78, 5) is 31.6. The number of fused-ring (bicyclic) bond motifs is 3. The quantitative estimate of drug-likeness (QED) is 0.179. The van der Waals surface area contributed by atoms with Gasteiger partial charge in [0.15, 0.2) is 17.3 Å². The number of hydrogen-bond acceptors (Lipinski definition) is 9. The number of benzene rings is 3. The molecule has 9 nitrogen and oxygen atoms in total. The lowest BCUT2D eigenvalue weighted by molar-refractivity contribution is 0.0734. The van der Waals surface area contributed by atoms with Crippen LogP contribution in [0, 0.1) is 11.8 Å². The first kappa shape index (κ1) is 30.2. The number of ether oxygens (including phenoxy) is 4. The van der Waals surface area contributed by atoms with E-state index in [0.717, 1.165) is 53.9 Å². The van der Waals surface area contributed by atoms with Crippen molar-refractivity contribution in [2.45, 2.75) is 63.9 Å². The molecule has 3 aliphatic carbocycles. The molecule has 3 heterocycles. The van der Waals surface area contributed by atoms with Crippen molar-refractivity contribution in [3.63, 3.8) is 0 Å². The molecule has 0 bridgehead atoms. The fourth-order valence-electron chi connectivity index (χ4n) is 8.85. The van der Waals surface area contributed by atoms with Crippen molar-refractivity contribution in [2.75, 3.05) is 20.2 Å². The Bertz CT molecular complexity index is 2000. The van der Waals surface area contributed by atoms with Gasteiger partial charge in [0.2, 0.25) is 11.4 Å². The Kier molecular flexibility index (Phi) is 7.16. The van der Waals surface area contributed by atoms with Crippen LogP contribution in [0.5, 0.6) is 17.4 Å². The molecule has 2 fully saturated rings. The Labute approximate surface area is 284 Å². The van der Waals surface area contributed by atoms with Crippen LogP contribution in [-0.4, -0.2) is 47.4 Å². The number of ketones is 2. The summed E-state index contributed by atoms with van der Waals surface area (Å²) in [6, 6.07) is 21.9. The Hall–Kier alpha value is -4.89. The summed E-state index contributed by atoms with van der Waals surface area (Å²) >= 11 is 0. The number of Topliss-reactive ketones (excluding diaryl/α,β-unsaturated/α-hetero) is 2. The van der Waals surface area contributed by atoms with Crippen LogP contribution in [0.1, 0.15) is 81.0 Å². The SMILES string of the molecule is CCN1CCCC1c1cc(OCc2ccccc2)c2c(c1OC)CC1C[C@H]3Cc4onc(OCc5ccccc5)c4C(=O)[C@]34OC4=C1C2=O. The Morgan fingerprint density at radius 1 is 0.959 bits per heavy atom. The minimum atomic E-state index is -1.19. The lowest BCUT2D eigenvalue weighted by Crippen LogP contribution is -2.44. The van der Waals surface area contributed by atoms with E-state index < -0.39 is 5.60 Å². The van der Waals surface area contributed by atoms with Crippen molar-refractivity contribution < 1.29 is 33.1 Å². The summed E-state index contributed by atoms with van der Waals surface area (Å²) in [5.74, 6) is 1.81. The summed E-state index contributed by atoms with van der Waals surface area (Å²) in [7, 11) is 1.70. The zero-order valence-electron chi connectivity index (χ0n) is 27.7. The molecule has 0 radical (unpaired) electrons.